The highest BCUT2D eigenvalue weighted by atomic mass is 32.1. The lowest BCUT2D eigenvalue weighted by atomic mass is 9.72. The standard InChI is InChI=1S/C20H25NO2S/c1-12-5-8-17(22)16(9-12)21-19(23)15-11-24-18-10-13(20(2,3)4)6-7-14(15)18/h5,8-9,11,13,22H,6-7,10H2,1-4H3,(H,21,23). The monoisotopic (exact) mass is 343 g/mol. The van der Waals surface area contributed by atoms with Crippen LogP contribution in [0.1, 0.15) is 53.6 Å². The number of amides is 1. The summed E-state index contributed by atoms with van der Waals surface area (Å²) in [5.41, 5.74) is 3.75. The molecule has 1 aliphatic rings. The maximum Gasteiger partial charge on any atom is 0.256 e. The minimum Gasteiger partial charge on any atom is -0.506 e. The second-order valence-corrected chi connectivity index (χ2v) is 8.80. The van der Waals surface area contributed by atoms with Crippen molar-refractivity contribution >= 4 is 22.9 Å². The Hall–Kier alpha value is -1.81. The minimum atomic E-state index is -0.123. The van der Waals surface area contributed by atoms with Crippen molar-refractivity contribution in [3.05, 3.63) is 45.1 Å². The highest BCUT2D eigenvalue weighted by molar-refractivity contribution is 7.10. The van der Waals surface area contributed by atoms with Crippen LogP contribution in [-0.2, 0) is 12.8 Å². The molecule has 0 aliphatic heterocycles. The third-order valence-electron chi connectivity index (χ3n) is 5.02. The molecule has 128 valence electrons. The molecule has 2 N–H and O–H groups in total. The van der Waals surface area contributed by atoms with E-state index in [1.807, 2.05) is 18.4 Å². The third-order valence-corrected chi connectivity index (χ3v) is 6.08. The average Bonchev–Trinajstić information content (AvgIpc) is 2.93. The Balaban J connectivity index is 1.81. The van der Waals surface area contributed by atoms with Crippen LogP contribution in [0.4, 0.5) is 5.69 Å². The topological polar surface area (TPSA) is 49.3 Å². The molecule has 1 aromatic heterocycles. The molecule has 0 fully saturated rings. The predicted molar refractivity (Wildman–Crippen MR) is 100 cm³/mol. The molecule has 1 heterocycles. The molecule has 2 aromatic rings. The number of benzene rings is 1. The van der Waals surface area contributed by atoms with Crippen molar-refractivity contribution in [2.24, 2.45) is 11.3 Å². The van der Waals surface area contributed by atoms with Gasteiger partial charge >= 0.3 is 0 Å². The van der Waals surface area contributed by atoms with Gasteiger partial charge in [0.15, 0.2) is 0 Å². The summed E-state index contributed by atoms with van der Waals surface area (Å²) in [6, 6.07) is 5.23. The number of hydrogen-bond acceptors (Lipinski definition) is 3. The molecule has 24 heavy (non-hydrogen) atoms. The van der Waals surface area contributed by atoms with Crippen LogP contribution in [0, 0.1) is 18.3 Å². The zero-order valence-corrected chi connectivity index (χ0v) is 15.6. The number of carbonyl (C=O) groups is 1. The van der Waals surface area contributed by atoms with Crippen molar-refractivity contribution in [2.45, 2.75) is 47.0 Å². The number of rotatable bonds is 2. The van der Waals surface area contributed by atoms with Gasteiger partial charge in [-0.05, 0) is 60.8 Å². The van der Waals surface area contributed by atoms with Crippen LogP contribution < -0.4 is 5.32 Å². The summed E-state index contributed by atoms with van der Waals surface area (Å²) in [5.74, 6) is 0.647. The van der Waals surface area contributed by atoms with E-state index in [0.717, 1.165) is 30.4 Å². The van der Waals surface area contributed by atoms with Crippen LogP contribution in [0.3, 0.4) is 0 Å². The Morgan fingerprint density at radius 2 is 2.08 bits per heavy atom. The second-order valence-electron chi connectivity index (χ2n) is 7.83. The molecular weight excluding hydrogens is 318 g/mol. The normalized spacial score (nSPS) is 17.4. The van der Waals surface area contributed by atoms with Crippen LogP contribution in [0.25, 0.3) is 0 Å². The van der Waals surface area contributed by atoms with Gasteiger partial charge in [-0.25, -0.2) is 0 Å². The minimum absolute atomic E-state index is 0.103. The number of phenolic OH excluding ortho intramolecular Hbond substituents is 1. The number of hydrogen-bond donors (Lipinski definition) is 2. The number of carbonyl (C=O) groups excluding carboxylic acids is 1. The first-order chi connectivity index (χ1) is 11.3. The molecule has 1 amide bonds. The number of anilines is 1. The number of aryl methyl sites for hydroxylation is 1. The first kappa shape index (κ1) is 17.0. The van der Waals surface area contributed by atoms with Gasteiger partial charge in [0, 0.05) is 10.3 Å². The Morgan fingerprint density at radius 1 is 1.33 bits per heavy atom. The Bertz CT molecular complexity index is 770. The average molecular weight is 343 g/mol. The van der Waals surface area contributed by atoms with E-state index in [9.17, 15) is 9.90 Å². The summed E-state index contributed by atoms with van der Waals surface area (Å²) in [6.07, 6.45) is 3.15. The van der Waals surface area contributed by atoms with E-state index >= 15 is 0 Å². The van der Waals surface area contributed by atoms with E-state index in [1.165, 1.54) is 10.4 Å². The van der Waals surface area contributed by atoms with E-state index in [2.05, 4.69) is 26.1 Å². The van der Waals surface area contributed by atoms with Gasteiger partial charge in [0.25, 0.3) is 5.91 Å². The zero-order chi connectivity index (χ0) is 17.5. The molecule has 0 bridgehead atoms. The molecule has 0 saturated carbocycles. The van der Waals surface area contributed by atoms with Crippen LogP contribution in [0.2, 0.25) is 0 Å². The van der Waals surface area contributed by atoms with Crippen molar-refractivity contribution < 1.29 is 9.90 Å². The van der Waals surface area contributed by atoms with E-state index in [4.69, 9.17) is 0 Å². The molecule has 1 atom stereocenters. The Kier molecular flexibility index (Phi) is 4.43. The van der Waals surface area contributed by atoms with Gasteiger partial charge in [0.1, 0.15) is 5.75 Å². The summed E-state index contributed by atoms with van der Waals surface area (Å²) in [6.45, 7) is 8.83. The fourth-order valence-electron chi connectivity index (χ4n) is 3.38. The molecule has 0 spiro atoms. The molecule has 0 radical (unpaired) electrons. The molecular formula is C20H25NO2S. The first-order valence-electron chi connectivity index (χ1n) is 8.46. The van der Waals surface area contributed by atoms with Gasteiger partial charge in [-0.15, -0.1) is 11.3 Å². The SMILES string of the molecule is Cc1ccc(O)c(NC(=O)c2csc3c2CCC(C(C)(C)C)C3)c1. The third kappa shape index (κ3) is 3.34. The van der Waals surface area contributed by atoms with Gasteiger partial charge in [-0.3, -0.25) is 4.79 Å². The van der Waals surface area contributed by atoms with Gasteiger partial charge in [-0.2, -0.15) is 0 Å². The van der Waals surface area contributed by atoms with Crippen molar-refractivity contribution in [1.29, 1.82) is 0 Å². The van der Waals surface area contributed by atoms with Crippen LogP contribution in [0.5, 0.6) is 5.75 Å². The summed E-state index contributed by atoms with van der Waals surface area (Å²) in [5, 5.41) is 14.8. The smallest absolute Gasteiger partial charge is 0.256 e. The highest BCUT2D eigenvalue weighted by Crippen LogP contribution is 2.40. The Morgan fingerprint density at radius 3 is 2.79 bits per heavy atom. The van der Waals surface area contributed by atoms with Gasteiger partial charge < -0.3 is 10.4 Å². The molecule has 1 aromatic carbocycles. The number of nitrogens with one attached hydrogen (secondary N) is 1. The first-order valence-corrected chi connectivity index (χ1v) is 9.34. The second kappa shape index (κ2) is 6.25. The van der Waals surface area contributed by atoms with Crippen molar-refractivity contribution in [2.75, 3.05) is 5.32 Å². The lowest BCUT2D eigenvalue weighted by Gasteiger charge is -2.34. The lowest BCUT2D eigenvalue weighted by molar-refractivity contribution is 0.102. The van der Waals surface area contributed by atoms with Crippen LogP contribution >= 0.6 is 11.3 Å². The lowest BCUT2D eigenvalue weighted by Crippen LogP contribution is -2.27. The zero-order valence-electron chi connectivity index (χ0n) is 14.8. The van der Waals surface area contributed by atoms with Crippen molar-refractivity contribution in [3.8, 4) is 5.75 Å². The van der Waals surface area contributed by atoms with E-state index in [1.54, 1.807) is 23.5 Å². The summed E-state index contributed by atoms with van der Waals surface area (Å²) in [7, 11) is 0. The van der Waals surface area contributed by atoms with E-state index < -0.39 is 0 Å². The van der Waals surface area contributed by atoms with Crippen LogP contribution in [0.15, 0.2) is 23.6 Å². The van der Waals surface area contributed by atoms with Gasteiger partial charge in [-0.1, -0.05) is 26.8 Å². The molecule has 0 saturated heterocycles. The van der Waals surface area contributed by atoms with Crippen molar-refractivity contribution in [3.63, 3.8) is 0 Å². The number of phenols is 1. The maximum atomic E-state index is 12.7. The molecule has 4 heteroatoms. The fourth-order valence-corrected chi connectivity index (χ4v) is 4.54. The Labute approximate surface area is 147 Å². The van der Waals surface area contributed by atoms with Gasteiger partial charge in [0.2, 0.25) is 0 Å². The summed E-state index contributed by atoms with van der Waals surface area (Å²) < 4.78 is 0. The van der Waals surface area contributed by atoms with Crippen LogP contribution in [-0.4, -0.2) is 11.0 Å². The highest BCUT2D eigenvalue weighted by Gasteiger charge is 2.31. The molecule has 1 unspecified atom stereocenters. The van der Waals surface area contributed by atoms with E-state index in [0.29, 0.717) is 17.0 Å². The van der Waals surface area contributed by atoms with E-state index in [-0.39, 0.29) is 11.7 Å². The number of thiophene rings is 1. The maximum absolute atomic E-state index is 12.7. The largest absolute Gasteiger partial charge is 0.506 e. The number of aromatic hydroxyl groups is 1. The summed E-state index contributed by atoms with van der Waals surface area (Å²) in [4.78, 5) is 14.0. The predicted octanol–water partition coefficient (Wildman–Crippen LogP) is 5.17. The van der Waals surface area contributed by atoms with Crippen molar-refractivity contribution in [1.82, 2.24) is 0 Å². The number of fused-ring (bicyclic) bond motifs is 1. The molecule has 3 nitrogen and oxygen atoms in total. The summed E-state index contributed by atoms with van der Waals surface area (Å²) >= 11 is 1.69. The van der Waals surface area contributed by atoms with Gasteiger partial charge in [0.05, 0.1) is 11.3 Å². The fraction of sp³-hybridized carbons (Fsp3) is 0.450. The quantitative estimate of drug-likeness (QED) is 0.740. The molecule has 1 aliphatic carbocycles. The molecule has 3 rings (SSSR count).